The number of hydrogen-bond donors (Lipinski definition) is 1. The molecule has 1 aliphatic rings. The maximum absolute atomic E-state index is 12.2. The largest absolute Gasteiger partial charge is 0.340 e. The van der Waals surface area contributed by atoms with E-state index in [1.165, 1.54) is 4.90 Å². The fourth-order valence-electron chi connectivity index (χ4n) is 2.84. The van der Waals surface area contributed by atoms with Gasteiger partial charge in [-0.1, -0.05) is 31.9 Å². The third-order valence-corrected chi connectivity index (χ3v) is 4.53. The summed E-state index contributed by atoms with van der Waals surface area (Å²) in [4.78, 5) is 37.8. The molecule has 0 radical (unpaired) electrons. The van der Waals surface area contributed by atoms with Crippen LogP contribution >= 0.6 is 0 Å². The van der Waals surface area contributed by atoms with E-state index in [4.69, 9.17) is 6.42 Å². The van der Waals surface area contributed by atoms with Crippen LogP contribution in [0.1, 0.15) is 60.2 Å². The molecule has 1 aromatic rings. The van der Waals surface area contributed by atoms with Crippen LogP contribution in [0, 0.1) is 12.3 Å². The number of amides is 3. The standard InChI is InChI=1S/C19H22N2O3/c1-4-19(5-2,6-3)20-16(22)12-9-13-21-17(23)14-10-7-8-11-15(14)18(21)24/h1,7-8,10-11H,5-6,9,12-13H2,2-3H3,(H,20,22). The molecule has 1 aromatic carbocycles. The minimum atomic E-state index is -0.618. The van der Waals surface area contributed by atoms with Crippen molar-refractivity contribution in [1.82, 2.24) is 10.2 Å². The number of benzene rings is 1. The lowest BCUT2D eigenvalue weighted by molar-refractivity contribution is -0.122. The Hall–Kier alpha value is -2.61. The number of carbonyl (C=O) groups is 3. The van der Waals surface area contributed by atoms with Crippen LogP contribution in [0.15, 0.2) is 24.3 Å². The second-order valence-corrected chi connectivity index (χ2v) is 5.89. The van der Waals surface area contributed by atoms with E-state index in [0.717, 1.165) is 0 Å². The number of terminal acetylenes is 1. The predicted molar refractivity (Wildman–Crippen MR) is 91.3 cm³/mol. The summed E-state index contributed by atoms with van der Waals surface area (Å²) in [6, 6.07) is 6.75. The molecular weight excluding hydrogens is 304 g/mol. The van der Waals surface area contributed by atoms with Crippen LogP contribution in [0.2, 0.25) is 0 Å². The molecule has 3 amide bonds. The Kier molecular flexibility index (Phi) is 5.40. The summed E-state index contributed by atoms with van der Waals surface area (Å²) < 4.78 is 0. The second-order valence-electron chi connectivity index (χ2n) is 5.89. The minimum absolute atomic E-state index is 0.159. The summed E-state index contributed by atoms with van der Waals surface area (Å²) in [5.41, 5.74) is 0.234. The Morgan fingerprint density at radius 1 is 1.17 bits per heavy atom. The average Bonchev–Trinajstić information content (AvgIpc) is 2.85. The van der Waals surface area contributed by atoms with Gasteiger partial charge in [0.1, 0.15) is 5.54 Å². The molecule has 5 nitrogen and oxygen atoms in total. The van der Waals surface area contributed by atoms with Crippen LogP contribution in [0.5, 0.6) is 0 Å². The molecule has 0 saturated carbocycles. The van der Waals surface area contributed by atoms with Crippen molar-refractivity contribution in [3.8, 4) is 12.3 Å². The number of hydrogen-bond acceptors (Lipinski definition) is 3. The van der Waals surface area contributed by atoms with Gasteiger partial charge in [-0.05, 0) is 31.4 Å². The highest BCUT2D eigenvalue weighted by atomic mass is 16.2. The molecule has 2 rings (SSSR count). The van der Waals surface area contributed by atoms with Crippen LogP contribution in [0.4, 0.5) is 0 Å². The van der Waals surface area contributed by atoms with Gasteiger partial charge in [0.05, 0.1) is 11.1 Å². The van der Waals surface area contributed by atoms with E-state index in [2.05, 4.69) is 11.2 Å². The topological polar surface area (TPSA) is 66.5 Å². The second kappa shape index (κ2) is 7.31. The van der Waals surface area contributed by atoms with E-state index >= 15 is 0 Å². The summed E-state index contributed by atoms with van der Waals surface area (Å²) in [5, 5.41) is 2.88. The van der Waals surface area contributed by atoms with Crippen LogP contribution in [-0.4, -0.2) is 34.7 Å². The average molecular weight is 326 g/mol. The van der Waals surface area contributed by atoms with Crippen molar-refractivity contribution in [2.75, 3.05) is 6.54 Å². The highest BCUT2D eigenvalue weighted by Gasteiger charge is 2.34. The van der Waals surface area contributed by atoms with Gasteiger partial charge in [0.15, 0.2) is 0 Å². The zero-order chi connectivity index (χ0) is 17.7. The van der Waals surface area contributed by atoms with Gasteiger partial charge in [0.2, 0.25) is 5.91 Å². The van der Waals surface area contributed by atoms with Crippen molar-refractivity contribution < 1.29 is 14.4 Å². The van der Waals surface area contributed by atoms with E-state index in [9.17, 15) is 14.4 Å². The first-order valence-corrected chi connectivity index (χ1v) is 8.22. The van der Waals surface area contributed by atoms with Gasteiger partial charge in [-0.2, -0.15) is 0 Å². The first-order valence-electron chi connectivity index (χ1n) is 8.22. The zero-order valence-corrected chi connectivity index (χ0v) is 14.1. The van der Waals surface area contributed by atoms with Crippen LogP contribution < -0.4 is 5.32 Å². The molecule has 0 bridgehead atoms. The molecule has 0 saturated heterocycles. The first kappa shape index (κ1) is 17.7. The Balaban J connectivity index is 1.90. The van der Waals surface area contributed by atoms with Gasteiger partial charge in [-0.3, -0.25) is 19.3 Å². The van der Waals surface area contributed by atoms with Crippen molar-refractivity contribution in [3.63, 3.8) is 0 Å². The summed E-state index contributed by atoms with van der Waals surface area (Å²) in [5.74, 6) is 1.90. The quantitative estimate of drug-likeness (QED) is 0.618. The number of rotatable bonds is 7. The Labute approximate surface area is 142 Å². The maximum Gasteiger partial charge on any atom is 0.261 e. The molecule has 1 heterocycles. The fourth-order valence-corrected chi connectivity index (χ4v) is 2.84. The molecule has 0 unspecified atom stereocenters. The summed E-state index contributed by atoms with van der Waals surface area (Å²) in [6.07, 6.45) is 7.47. The number of carbonyl (C=O) groups excluding carboxylic acids is 3. The molecule has 0 atom stereocenters. The normalized spacial score (nSPS) is 13.6. The fraction of sp³-hybridized carbons (Fsp3) is 0.421. The maximum atomic E-state index is 12.2. The lowest BCUT2D eigenvalue weighted by Crippen LogP contribution is -2.46. The Morgan fingerprint density at radius 3 is 2.17 bits per heavy atom. The van der Waals surface area contributed by atoms with Gasteiger partial charge in [-0.15, -0.1) is 6.42 Å². The van der Waals surface area contributed by atoms with Crippen molar-refractivity contribution in [2.24, 2.45) is 0 Å². The molecule has 126 valence electrons. The van der Waals surface area contributed by atoms with Crippen molar-refractivity contribution >= 4 is 17.7 Å². The summed E-state index contributed by atoms with van der Waals surface area (Å²) in [7, 11) is 0. The lowest BCUT2D eigenvalue weighted by Gasteiger charge is -2.27. The highest BCUT2D eigenvalue weighted by molar-refractivity contribution is 6.21. The van der Waals surface area contributed by atoms with E-state index < -0.39 is 5.54 Å². The summed E-state index contributed by atoms with van der Waals surface area (Å²) in [6.45, 7) is 4.09. The monoisotopic (exact) mass is 326 g/mol. The van der Waals surface area contributed by atoms with Crippen LogP contribution in [-0.2, 0) is 4.79 Å². The third-order valence-electron chi connectivity index (χ3n) is 4.53. The number of nitrogens with zero attached hydrogens (tertiary/aromatic N) is 1. The molecule has 1 N–H and O–H groups in total. The molecule has 0 fully saturated rings. The smallest absolute Gasteiger partial charge is 0.261 e. The highest BCUT2D eigenvalue weighted by Crippen LogP contribution is 2.22. The van der Waals surface area contributed by atoms with Crippen LogP contribution in [0.25, 0.3) is 0 Å². The molecular formula is C19H22N2O3. The SMILES string of the molecule is C#CC(CC)(CC)NC(=O)CCCN1C(=O)c2ccccc2C1=O. The number of fused-ring (bicyclic) bond motifs is 1. The molecule has 24 heavy (non-hydrogen) atoms. The van der Waals surface area contributed by atoms with Gasteiger partial charge in [-0.25, -0.2) is 0 Å². The molecule has 0 spiro atoms. The van der Waals surface area contributed by atoms with E-state index in [1.54, 1.807) is 24.3 Å². The zero-order valence-electron chi connectivity index (χ0n) is 14.1. The molecule has 0 aliphatic carbocycles. The molecule has 1 aliphatic heterocycles. The van der Waals surface area contributed by atoms with Gasteiger partial charge in [0, 0.05) is 13.0 Å². The number of nitrogens with one attached hydrogen (secondary N) is 1. The molecule has 5 heteroatoms. The van der Waals surface area contributed by atoms with Gasteiger partial charge >= 0.3 is 0 Å². The van der Waals surface area contributed by atoms with Crippen molar-refractivity contribution in [3.05, 3.63) is 35.4 Å². The Bertz CT molecular complexity index is 664. The van der Waals surface area contributed by atoms with E-state index in [1.807, 2.05) is 13.8 Å². The van der Waals surface area contributed by atoms with Crippen molar-refractivity contribution in [2.45, 2.75) is 45.1 Å². The summed E-state index contributed by atoms with van der Waals surface area (Å²) >= 11 is 0. The lowest BCUT2D eigenvalue weighted by atomic mass is 9.93. The number of imide groups is 1. The van der Waals surface area contributed by atoms with Crippen LogP contribution in [0.3, 0.4) is 0 Å². The predicted octanol–water partition coefficient (Wildman–Crippen LogP) is 2.37. The van der Waals surface area contributed by atoms with E-state index in [0.29, 0.717) is 30.4 Å². The van der Waals surface area contributed by atoms with Gasteiger partial charge in [0.25, 0.3) is 11.8 Å². The molecule has 0 aromatic heterocycles. The van der Waals surface area contributed by atoms with Gasteiger partial charge < -0.3 is 5.32 Å². The minimum Gasteiger partial charge on any atom is -0.340 e. The third kappa shape index (κ3) is 3.33. The van der Waals surface area contributed by atoms with E-state index in [-0.39, 0.29) is 30.7 Å². The van der Waals surface area contributed by atoms with Crippen molar-refractivity contribution in [1.29, 1.82) is 0 Å². The Morgan fingerprint density at radius 2 is 1.71 bits per heavy atom. The first-order chi connectivity index (χ1) is 11.5.